The van der Waals surface area contributed by atoms with Crippen molar-refractivity contribution in [2.45, 2.75) is 25.8 Å². The number of nitrogens with zero attached hydrogens (tertiary/aromatic N) is 2. The van der Waals surface area contributed by atoms with Gasteiger partial charge in [0.05, 0.1) is 11.4 Å². The lowest BCUT2D eigenvalue weighted by Gasteiger charge is -2.44. The van der Waals surface area contributed by atoms with E-state index in [1.54, 1.807) is 30.7 Å². The molecule has 0 aliphatic carbocycles. The lowest BCUT2D eigenvalue weighted by Crippen LogP contribution is -2.63. The van der Waals surface area contributed by atoms with Gasteiger partial charge in [0.2, 0.25) is 11.8 Å². The van der Waals surface area contributed by atoms with Crippen LogP contribution < -0.4 is 5.73 Å². The molecule has 6 heteroatoms. The van der Waals surface area contributed by atoms with Crippen molar-refractivity contribution in [3.63, 3.8) is 0 Å². The van der Waals surface area contributed by atoms with Crippen LogP contribution in [0.5, 0.6) is 0 Å². The summed E-state index contributed by atoms with van der Waals surface area (Å²) in [5.74, 6) is -0.242. The van der Waals surface area contributed by atoms with Gasteiger partial charge in [0.25, 0.3) is 0 Å². The molecular formula is C10H17N3O2S. The largest absolute Gasteiger partial charge is 0.393 e. The first-order valence-electron chi connectivity index (χ1n) is 5.11. The number of thiocarbonyl (C=S) groups is 1. The van der Waals surface area contributed by atoms with Crippen LogP contribution in [-0.2, 0) is 9.59 Å². The van der Waals surface area contributed by atoms with Crippen molar-refractivity contribution in [3.05, 3.63) is 0 Å². The van der Waals surface area contributed by atoms with Gasteiger partial charge in [0, 0.05) is 20.1 Å². The van der Waals surface area contributed by atoms with Gasteiger partial charge in [-0.25, -0.2) is 0 Å². The van der Waals surface area contributed by atoms with Crippen LogP contribution in [0.3, 0.4) is 0 Å². The maximum absolute atomic E-state index is 11.9. The minimum Gasteiger partial charge on any atom is -0.393 e. The number of amides is 2. The first-order chi connectivity index (χ1) is 7.26. The van der Waals surface area contributed by atoms with Crippen molar-refractivity contribution in [3.8, 4) is 0 Å². The molecule has 5 nitrogen and oxygen atoms in total. The summed E-state index contributed by atoms with van der Waals surface area (Å²) in [4.78, 5) is 27.1. The van der Waals surface area contributed by atoms with Gasteiger partial charge in [-0.05, 0) is 13.8 Å². The van der Waals surface area contributed by atoms with Crippen molar-refractivity contribution in [1.82, 2.24) is 9.80 Å². The lowest BCUT2D eigenvalue weighted by molar-refractivity contribution is -0.156. The zero-order chi connectivity index (χ0) is 12.5. The highest BCUT2D eigenvalue weighted by Crippen LogP contribution is 2.22. The van der Waals surface area contributed by atoms with E-state index in [0.29, 0.717) is 13.1 Å². The second-order valence-electron chi connectivity index (χ2n) is 4.47. The van der Waals surface area contributed by atoms with E-state index in [-0.39, 0.29) is 23.2 Å². The zero-order valence-electron chi connectivity index (χ0n) is 9.82. The Balaban J connectivity index is 2.85. The topological polar surface area (TPSA) is 66.6 Å². The smallest absolute Gasteiger partial charge is 0.247 e. The lowest BCUT2D eigenvalue weighted by atomic mass is 9.97. The molecule has 16 heavy (non-hydrogen) atoms. The Morgan fingerprint density at radius 3 is 2.56 bits per heavy atom. The van der Waals surface area contributed by atoms with Crippen LogP contribution >= 0.6 is 12.2 Å². The maximum atomic E-state index is 11.9. The number of hydrogen-bond donors (Lipinski definition) is 1. The highest BCUT2D eigenvalue weighted by atomic mass is 32.1. The molecule has 0 saturated carbocycles. The van der Waals surface area contributed by atoms with E-state index in [0.717, 1.165) is 0 Å². The summed E-state index contributed by atoms with van der Waals surface area (Å²) < 4.78 is 0. The fourth-order valence-electron chi connectivity index (χ4n) is 1.89. The van der Waals surface area contributed by atoms with E-state index in [1.807, 2.05) is 0 Å². The molecule has 90 valence electrons. The van der Waals surface area contributed by atoms with Crippen molar-refractivity contribution in [2.75, 3.05) is 20.1 Å². The Bertz CT molecular complexity index is 341. The standard InChI is InChI=1S/C10H17N3O2S/c1-10(2)9(15)12(3)4-5-13(10)8(14)6-7(11)16/h4-6H2,1-3H3,(H2,11,16). The van der Waals surface area contributed by atoms with Gasteiger partial charge in [0.1, 0.15) is 5.54 Å². The summed E-state index contributed by atoms with van der Waals surface area (Å²) in [5.41, 5.74) is 4.53. The van der Waals surface area contributed by atoms with Crippen LogP contribution in [0.1, 0.15) is 20.3 Å². The molecule has 1 fully saturated rings. The highest BCUT2D eigenvalue weighted by Gasteiger charge is 2.42. The van der Waals surface area contributed by atoms with Gasteiger partial charge >= 0.3 is 0 Å². The Labute approximate surface area is 101 Å². The van der Waals surface area contributed by atoms with Crippen LogP contribution in [0.15, 0.2) is 0 Å². The summed E-state index contributed by atoms with van der Waals surface area (Å²) in [6, 6.07) is 0. The highest BCUT2D eigenvalue weighted by molar-refractivity contribution is 7.80. The van der Waals surface area contributed by atoms with Gasteiger partial charge in [-0.3, -0.25) is 9.59 Å². The molecule has 0 bridgehead atoms. The minimum absolute atomic E-state index is 0.0236. The van der Waals surface area contributed by atoms with Crippen LogP contribution in [-0.4, -0.2) is 52.3 Å². The van der Waals surface area contributed by atoms with Crippen LogP contribution in [0, 0.1) is 0 Å². The predicted molar refractivity (Wildman–Crippen MR) is 64.8 cm³/mol. The van der Waals surface area contributed by atoms with E-state index < -0.39 is 5.54 Å². The van der Waals surface area contributed by atoms with Gasteiger partial charge in [-0.2, -0.15) is 0 Å². The molecule has 0 aromatic heterocycles. The molecule has 0 unspecified atom stereocenters. The number of nitrogens with two attached hydrogens (primary N) is 1. The van der Waals surface area contributed by atoms with Gasteiger partial charge < -0.3 is 15.5 Å². The minimum atomic E-state index is -0.811. The molecule has 0 spiro atoms. The van der Waals surface area contributed by atoms with Crippen molar-refractivity contribution < 1.29 is 9.59 Å². The summed E-state index contributed by atoms with van der Waals surface area (Å²) in [6.07, 6.45) is 0.0236. The van der Waals surface area contributed by atoms with E-state index in [2.05, 4.69) is 0 Å². The molecule has 1 rings (SSSR count). The first-order valence-corrected chi connectivity index (χ1v) is 5.52. The van der Waals surface area contributed by atoms with Gasteiger partial charge in [-0.15, -0.1) is 0 Å². The van der Waals surface area contributed by atoms with Gasteiger partial charge in [-0.1, -0.05) is 12.2 Å². The number of carbonyl (C=O) groups is 2. The maximum Gasteiger partial charge on any atom is 0.247 e. The number of hydrogen-bond acceptors (Lipinski definition) is 3. The number of rotatable bonds is 2. The number of piperazine rings is 1. The zero-order valence-corrected chi connectivity index (χ0v) is 10.6. The molecule has 1 heterocycles. The summed E-state index contributed by atoms with van der Waals surface area (Å²) >= 11 is 4.70. The number of likely N-dealkylation sites (N-methyl/N-ethyl adjacent to an activating group) is 1. The second-order valence-corrected chi connectivity index (χ2v) is 5.00. The average Bonchev–Trinajstić information content (AvgIpc) is 2.13. The Morgan fingerprint density at radius 1 is 1.50 bits per heavy atom. The van der Waals surface area contributed by atoms with E-state index in [9.17, 15) is 9.59 Å². The molecule has 0 atom stereocenters. The fraction of sp³-hybridized carbons (Fsp3) is 0.700. The molecule has 0 aromatic carbocycles. The first kappa shape index (κ1) is 12.9. The summed E-state index contributed by atoms with van der Waals surface area (Å²) in [7, 11) is 1.74. The Kier molecular flexibility index (Phi) is 3.52. The summed E-state index contributed by atoms with van der Waals surface area (Å²) in [6.45, 7) is 4.55. The molecule has 1 aliphatic heterocycles. The molecular weight excluding hydrogens is 226 g/mol. The predicted octanol–water partition coefficient (Wildman–Crippen LogP) is -0.258. The van der Waals surface area contributed by atoms with Crippen LogP contribution in [0.2, 0.25) is 0 Å². The quantitative estimate of drug-likeness (QED) is 0.679. The third kappa shape index (κ3) is 2.32. The van der Waals surface area contributed by atoms with E-state index in [4.69, 9.17) is 18.0 Å². The normalized spacial score (nSPS) is 19.8. The SMILES string of the molecule is CN1CCN(C(=O)CC(N)=S)C(C)(C)C1=O. The third-order valence-corrected chi connectivity index (χ3v) is 2.97. The molecule has 1 saturated heterocycles. The van der Waals surface area contributed by atoms with E-state index in [1.165, 1.54) is 0 Å². The molecule has 0 aromatic rings. The Hall–Kier alpha value is -1.17. The van der Waals surface area contributed by atoms with Crippen molar-refractivity contribution in [1.29, 1.82) is 0 Å². The van der Waals surface area contributed by atoms with E-state index >= 15 is 0 Å². The number of carbonyl (C=O) groups excluding carboxylic acids is 2. The molecule has 0 radical (unpaired) electrons. The van der Waals surface area contributed by atoms with Crippen molar-refractivity contribution >= 4 is 29.0 Å². The monoisotopic (exact) mass is 243 g/mol. The second kappa shape index (κ2) is 4.37. The molecule has 2 N–H and O–H groups in total. The Morgan fingerprint density at radius 2 is 2.06 bits per heavy atom. The summed E-state index contributed by atoms with van der Waals surface area (Å²) in [5, 5.41) is 0. The van der Waals surface area contributed by atoms with Crippen LogP contribution in [0.4, 0.5) is 0 Å². The molecule has 1 aliphatic rings. The fourth-order valence-corrected chi connectivity index (χ4v) is 2.02. The van der Waals surface area contributed by atoms with Crippen LogP contribution in [0.25, 0.3) is 0 Å². The molecule has 2 amide bonds. The third-order valence-electron chi connectivity index (χ3n) is 2.83. The van der Waals surface area contributed by atoms with Crippen molar-refractivity contribution in [2.24, 2.45) is 5.73 Å². The average molecular weight is 243 g/mol. The van der Waals surface area contributed by atoms with Gasteiger partial charge in [0.15, 0.2) is 0 Å².